The summed E-state index contributed by atoms with van der Waals surface area (Å²) in [5.41, 5.74) is 2.54. The minimum absolute atomic E-state index is 0.104. The number of aromatic nitrogens is 2. The Labute approximate surface area is 139 Å². The summed E-state index contributed by atoms with van der Waals surface area (Å²) in [4.78, 5) is 21.2. The van der Waals surface area contributed by atoms with Gasteiger partial charge in [0.2, 0.25) is 5.95 Å². The van der Waals surface area contributed by atoms with Gasteiger partial charge in [-0.3, -0.25) is 4.79 Å². The molecule has 8 nitrogen and oxygen atoms in total. The van der Waals surface area contributed by atoms with Gasteiger partial charge in [0.25, 0.3) is 5.91 Å². The lowest BCUT2D eigenvalue weighted by atomic mass is 10.2. The Morgan fingerprint density at radius 3 is 2.58 bits per heavy atom. The molecule has 1 aliphatic heterocycles. The lowest BCUT2D eigenvalue weighted by Gasteiger charge is -2.12. The number of carbonyl (C=O) groups excluding carboxylic acids is 1. The van der Waals surface area contributed by atoms with Crippen molar-refractivity contribution in [2.24, 2.45) is 0 Å². The highest BCUT2D eigenvalue weighted by Gasteiger charge is 2.23. The van der Waals surface area contributed by atoms with Crippen molar-refractivity contribution in [3.63, 3.8) is 0 Å². The Balaban J connectivity index is 1.82. The van der Waals surface area contributed by atoms with Gasteiger partial charge in [-0.05, 0) is 19.1 Å². The molecule has 126 valence electrons. The standard InChI is InChI=1S/C16H20N6O2/c1-10-13-14(22-16(19-10)18-7-6-17-8-9-23)20-11-4-2-3-5-12(11)21-15(13)24/h2-5,17,23H,6-9H2,1H3,(H,21,24)(H2,18,19,20,22). The number of carbonyl (C=O) groups is 1. The number of para-hydroxylation sites is 2. The molecule has 0 saturated carbocycles. The fraction of sp³-hybridized carbons (Fsp3) is 0.312. The van der Waals surface area contributed by atoms with Crippen molar-refractivity contribution in [1.29, 1.82) is 0 Å². The van der Waals surface area contributed by atoms with Crippen molar-refractivity contribution in [3.05, 3.63) is 35.5 Å². The van der Waals surface area contributed by atoms with Crippen molar-refractivity contribution >= 4 is 29.0 Å². The molecule has 0 atom stereocenters. The number of nitrogens with one attached hydrogen (secondary N) is 4. The van der Waals surface area contributed by atoms with E-state index in [1.165, 1.54) is 0 Å². The molecule has 24 heavy (non-hydrogen) atoms. The Bertz CT molecular complexity index is 749. The lowest BCUT2D eigenvalue weighted by Crippen LogP contribution is -2.25. The first-order valence-corrected chi connectivity index (χ1v) is 7.80. The molecule has 0 unspecified atom stereocenters. The second-order valence-electron chi connectivity index (χ2n) is 5.38. The number of hydrogen-bond acceptors (Lipinski definition) is 7. The molecule has 1 aromatic carbocycles. The van der Waals surface area contributed by atoms with Crippen LogP contribution < -0.4 is 21.3 Å². The molecule has 0 fully saturated rings. The Hall–Kier alpha value is -2.71. The SMILES string of the molecule is Cc1nc(NCCNCCO)nc2c1C(=O)Nc1ccccc1N2. The minimum atomic E-state index is -0.226. The van der Waals surface area contributed by atoms with Crippen molar-refractivity contribution in [3.8, 4) is 0 Å². The van der Waals surface area contributed by atoms with Crippen molar-refractivity contribution in [1.82, 2.24) is 15.3 Å². The van der Waals surface area contributed by atoms with Crippen molar-refractivity contribution in [2.45, 2.75) is 6.92 Å². The highest BCUT2D eigenvalue weighted by atomic mass is 16.3. The van der Waals surface area contributed by atoms with Gasteiger partial charge < -0.3 is 26.4 Å². The third-order valence-electron chi connectivity index (χ3n) is 3.62. The zero-order chi connectivity index (χ0) is 16.9. The van der Waals surface area contributed by atoms with E-state index in [0.29, 0.717) is 48.3 Å². The van der Waals surface area contributed by atoms with E-state index in [1.807, 2.05) is 24.3 Å². The van der Waals surface area contributed by atoms with Crippen LogP contribution in [-0.2, 0) is 0 Å². The second-order valence-corrected chi connectivity index (χ2v) is 5.38. The average Bonchev–Trinajstić information content (AvgIpc) is 2.70. The third-order valence-corrected chi connectivity index (χ3v) is 3.62. The van der Waals surface area contributed by atoms with Crippen LogP contribution >= 0.6 is 0 Å². The smallest absolute Gasteiger partial charge is 0.261 e. The van der Waals surface area contributed by atoms with Gasteiger partial charge in [-0.15, -0.1) is 0 Å². The predicted molar refractivity (Wildman–Crippen MR) is 92.9 cm³/mol. The molecule has 5 N–H and O–H groups in total. The molecular formula is C16H20N6O2. The fourth-order valence-corrected chi connectivity index (χ4v) is 2.49. The van der Waals surface area contributed by atoms with E-state index in [1.54, 1.807) is 6.92 Å². The third kappa shape index (κ3) is 3.44. The summed E-state index contributed by atoms with van der Waals surface area (Å²) in [6, 6.07) is 7.47. The van der Waals surface area contributed by atoms with Crippen LogP contribution in [0.3, 0.4) is 0 Å². The number of aliphatic hydroxyl groups excluding tert-OH is 1. The summed E-state index contributed by atoms with van der Waals surface area (Å²) in [5.74, 6) is 0.712. The predicted octanol–water partition coefficient (Wildman–Crippen LogP) is 1.09. The first kappa shape index (κ1) is 16.2. The monoisotopic (exact) mass is 328 g/mol. The first-order chi connectivity index (χ1) is 11.7. The van der Waals surface area contributed by atoms with E-state index in [-0.39, 0.29) is 12.5 Å². The van der Waals surface area contributed by atoms with E-state index in [4.69, 9.17) is 5.11 Å². The number of aliphatic hydroxyl groups is 1. The van der Waals surface area contributed by atoms with E-state index in [9.17, 15) is 4.79 Å². The zero-order valence-corrected chi connectivity index (χ0v) is 13.4. The molecule has 0 saturated heterocycles. The maximum atomic E-state index is 12.4. The van der Waals surface area contributed by atoms with Crippen LogP contribution in [0.25, 0.3) is 0 Å². The highest BCUT2D eigenvalue weighted by Crippen LogP contribution is 2.31. The topological polar surface area (TPSA) is 111 Å². The van der Waals surface area contributed by atoms with Crippen LogP contribution in [0, 0.1) is 6.92 Å². The van der Waals surface area contributed by atoms with Gasteiger partial charge in [0.15, 0.2) is 0 Å². The van der Waals surface area contributed by atoms with Gasteiger partial charge in [-0.25, -0.2) is 4.98 Å². The van der Waals surface area contributed by atoms with Gasteiger partial charge >= 0.3 is 0 Å². The maximum absolute atomic E-state index is 12.4. The minimum Gasteiger partial charge on any atom is -0.395 e. The van der Waals surface area contributed by atoms with Gasteiger partial charge in [0.1, 0.15) is 11.4 Å². The summed E-state index contributed by atoms with van der Waals surface area (Å²) >= 11 is 0. The number of amides is 1. The normalized spacial score (nSPS) is 12.5. The molecule has 2 heterocycles. The van der Waals surface area contributed by atoms with Crippen LogP contribution in [0.1, 0.15) is 16.1 Å². The van der Waals surface area contributed by atoms with Gasteiger partial charge in [0, 0.05) is 19.6 Å². The summed E-state index contributed by atoms with van der Waals surface area (Å²) < 4.78 is 0. The largest absolute Gasteiger partial charge is 0.395 e. The van der Waals surface area contributed by atoms with Crippen LogP contribution in [0.4, 0.5) is 23.1 Å². The first-order valence-electron chi connectivity index (χ1n) is 7.80. The molecule has 0 aliphatic carbocycles. The number of aryl methyl sites for hydroxylation is 1. The van der Waals surface area contributed by atoms with Crippen LogP contribution in [0.2, 0.25) is 0 Å². The van der Waals surface area contributed by atoms with Crippen molar-refractivity contribution < 1.29 is 9.90 Å². The average molecular weight is 328 g/mol. The fourth-order valence-electron chi connectivity index (χ4n) is 2.49. The Morgan fingerprint density at radius 1 is 1.08 bits per heavy atom. The van der Waals surface area contributed by atoms with E-state index < -0.39 is 0 Å². The summed E-state index contributed by atoms with van der Waals surface area (Å²) in [5, 5.41) is 21.0. The molecular weight excluding hydrogens is 308 g/mol. The molecule has 2 aromatic rings. The molecule has 1 aromatic heterocycles. The van der Waals surface area contributed by atoms with Crippen molar-refractivity contribution in [2.75, 3.05) is 42.2 Å². The second kappa shape index (κ2) is 7.24. The number of rotatable bonds is 6. The lowest BCUT2D eigenvalue weighted by molar-refractivity contribution is 0.102. The quantitative estimate of drug-likeness (QED) is 0.505. The number of anilines is 4. The maximum Gasteiger partial charge on any atom is 0.261 e. The summed E-state index contributed by atoms with van der Waals surface area (Å²) in [6.45, 7) is 3.72. The van der Waals surface area contributed by atoms with Gasteiger partial charge in [-0.2, -0.15) is 4.98 Å². The molecule has 8 heteroatoms. The summed E-state index contributed by atoms with van der Waals surface area (Å²) in [7, 11) is 0. The number of nitrogens with zero attached hydrogens (tertiary/aromatic N) is 2. The number of hydrogen-bond donors (Lipinski definition) is 5. The zero-order valence-electron chi connectivity index (χ0n) is 13.4. The number of benzene rings is 1. The Kier molecular flexibility index (Phi) is 4.88. The molecule has 1 amide bonds. The van der Waals surface area contributed by atoms with Gasteiger partial charge in [0.05, 0.1) is 23.7 Å². The number of fused-ring (bicyclic) bond motifs is 2. The highest BCUT2D eigenvalue weighted by molar-refractivity contribution is 6.12. The van der Waals surface area contributed by atoms with Crippen LogP contribution in [-0.4, -0.2) is 47.2 Å². The molecule has 0 spiro atoms. The van der Waals surface area contributed by atoms with E-state index in [0.717, 1.165) is 5.69 Å². The van der Waals surface area contributed by atoms with E-state index >= 15 is 0 Å². The molecule has 1 aliphatic rings. The van der Waals surface area contributed by atoms with Crippen LogP contribution in [0.15, 0.2) is 24.3 Å². The molecule has 3 rings (SSSR count). The molecule has 0 bridgehead atoms. The molecule has 0 radical (unpaired) electrons. The van der Waals surface area contributed by atoms with E-state index in [2.05, 4.69) is 31.2 Å². The van der Waals surface area contributed by atoms with Gasteiger partial charge in [-0.1, -0.05) is 12.1 Å². The van der Waals surface area contributed by atoms with Crippen LogP contribution in [0.5, 0.6) is 0 Å². The summed E-state index contributed by atoms with van der Waals surface area (Å²) in [6.07, 6.45) is 0. The Morgan fingerprint density at radius 2 is 1.83 bits per heavy atom.